The van der Waals surface area contributed by atoms with E-state index in [-0.39, 0.29) is 11.9 Å². The number of hydrogen-bond acceptors (Lipinski definition) is 4. The number of nitrogens with two attached hydrogens (primary N) is 1. The largest absolute Gasteiger partial charge is 0.383 e. The second-order valence-electron chi connectivity index (χ2n) is 6.54. The van der Waals surface area contributed by atoms with Crippen LogP contribution in [-0.4, -0.2) is 32.7 Å². The third kappa shape index (κ3) is 2.40. The fourth-order valence-electron chi connectivity index (χ4n) is 3.23. The SMILES string of the molecule is CNC(=O)c1ccc2cc(-c3nn(C(C)C)c4ccnc(N)c34)[nH]c2c1. The van der Waals surface area contributed by atoms with Gasteiger partial charge in [-0.2, -0.15) is 5.10 Å². The molecule has 0 aliphatic heterocycles. The molecule has 0 radical (unpaired) electrons. The number of anilines is 1. The zero-order valence-corrected chi connectivity index (χ0v) is 14.9. The highest BCUT2D eigenvalue weighted by molar-refractivity contribution is 6.02. The Hall–Kier alpha value is -3.35. The number of nitrogen functional groups attached to an aromatic ring is 1. The van der Waals surface area contributed by atoms with E-state index in [2.05, 4.69) is 29.1 Å². The van der Waals surface area contributed by atoms with Gasteiger partial charge in [-0.15, -0.1) is 0 Å². The van der Waals surface area contributed by atoms with Gasteiger partial charge in [0, 0.05) is 35.8 Å². The van der Waals surface area contributed by atoms with E-state index in [4.69, 9.17) is 10.8 Å². The van der Waals surface area contributed by atoms with Crippen LogP contribution in [0.3, 0.4) is 0 Å². The fourth-order valence-corrected chi connectivity index (χ4v) is 3.23. The molecule has 0 atom stereocenters. The molecule has 0 bridgehead atoms. The summed E-state index contributed by atoms with van der Waals surface area (Å²) in [6, 6.07) is 9.69. The topological polar surface area (TPSA) is 102 Å². The maximum atomic E-state index is 11.9. The van der Waals surface area contributed by atoms with Crippen LogP contribution in [0, 0.1) is 0 Å². The number of rotatable bonds is 3. The first kappa shape index (κ1) is 16.1. The summed E-state index contributed by atoms with van der Waals surface area (Å²) in [6.07, 6.45) is 1.70. The number of pyridine rings is 1. The van der Waals surface area contributed by atoms with Gasteiger partial charge in [0.2, 0.25) is 0 Å². The van der Waals surface area contributed by atoms with Gasteiger partial charge in [-0.25, -0.2) is 4.98 Å². The van der Waals surface area contributed by atoms with Gasteiger partial charge in [0.15, 0.2) is 0 Å². The Morgan fingerprint density at radius 3 is 2.81 bits per heavy atom. The molecule has 3 aromatic heterocycles. The molecular formula is C19H20N6O. The van der Waals surface area contributed by atoms with E-state index >= 15 is 0 Å². The molecule has 4 aromatic rings. The number of H-pyrrole nitrogens is 1. The second-order valence-corrected chi connectivity index (χ2v) is 6.54. The Balaban J connectivity index is 1.94. The van der Waals surface area contributed by atoms with Crippen molar-refractivity contribution in [3.8, 4) is 11.4 Å². The van der Waals surface area contributed by atoms with Gasteiger partial charge in [0.05, 0.1) is 16.6 Å². The summed E-state index contributed by atoms with van der Waals surface area (Å²) >= 11 is 0. The lowest BCUT2D eigenvalue weighted by Gasteiger charge is -2.06. The molecule has 0 saturated carbocycles. The van der Waals surface area contributed by atoms with Crippen LogP contribution in [0.5, 0.6) is 0 Å². The number of aromatic nitrogens is 4. The van der Waals surface area contributed by atoms with Crippen LogP contribution in [0.4, 0.5) is 5.82 Å². The molecule has 1 aromatic carbocycles. The lowest BCUT2D eigenvalue weighted by atomic mass is 10.1. The van der Waals surface area contributed by atoms with Crippen molar-refractivity contribution < 1.29 is 4.79 Å². The van der Waals surface area contributed by atoms with Crippen LogP contribution in [0.1, 0.15) is 30.2 Å². The first-order valence-electron chi connectivity index (χ1n) is 8.47. The first-order valence-corrected chi connectivity index (χ1v) is 8.47. The number of carbonyl (C=O) groups is 1. The molecule has 26 heavy (non-hydrogen) atoms. The van der Waals surface area contributed by atoms with Crippen molar-refractivity contribution in [3.05, 3.63) is 42.1 Å². The molecule has 0 fully saturated rings. The smallest absolute Gasteiger partial charge is 0.251 e. The maximum Gasteiger partial charge on any atom is 0.251 e. The lowest BCUT2D eigenvalue weighted by molar-refractivity contribution is 0.0963. The van der Waals surface area contributed by atoms with Gasteiger partial charge in [0.1, 0.15) is 11.5 Å². The van der Waals surface area contributed by atoms with Crippen LogP contribution in [0.15, 0.2) is 36.5 Å². The highest BCUT2D eigenvalue weighted by Crippen LogP contribution is 2.33. The number of nitrogens with zero attached hydrogens (tertiary/aromatic N) is 3. The Morgan fingerprint density at radius 2 is 2.08 bits per heavy atom. The van der Waals surface area contributed by atoms with Crippen LogP contribution in [-0.2, 0) is 0 Å². The van der Waals surface area contributed by atoms with Crippen molar-refractivity contribution in [1.29, 1.82) is 0 Å². The van der Waals surface area contributed by atoms with Crippen molar-refractivity contribution in [2.45, 2.75) is 19.9 Å². The van der Waals surface area contributed by atoms with E-state index in [1.807, 2.05) is 28.9 Å². The summed E-state index contributed by atoms with van der Waals surface area (Å²) in [6.45, 7) is 4.15. The zero-order valence-electron chi connectivity index (χ0n) is 14.9. The minimum atomic E-state index is -0.119. The van der Waals surface area contributed by atoms with Crippen LogP contribution in [0.25, 0.3) is 33.2 Å². The van der Waals surface area contributed by atoms with E-state index < -0.39 is 0 Å². The molecule has 3 heterocycles. The van der Waals surface area contributed by atoms with Crippen molar-refractivity contribution >= 4 is 33.5 Å². The van der Waals surface area contributed by atoms with Gasteiger partial charge in [0.25, 0.3) is 5.91 Å². The summed E-state index contributed by atoms with van der Waals surface area (Å²) in [5.41, 5.74) is 10.2. The predicted molar refractivity (Wildman–Crippen MR) is 103 cm³/mol. The highest BCUT2D eigenvalue weighted by Gasteiger charge is 2.18. The predicted octanol–water partition coefficient (Wildman–Crippen LogP) is 3.10. The van der Waals surface area contributed by atoms with Crippen molar-refractivity contribution in [1.82, 2.24) is 25.1 Å². The molecule has 1 amide bonds. The average Bonchev–Trinajstić information content (AvgIpc) is 3.22. The normalized spacial score (nSPS) is 11.5. The molecule has 7 nitrogen and oxygen atoms in total. The number of aromatic amines is 1. The fraction of sp³-hybridized carbons (Fsp3) is 0.211. The van der Waals surface area contributed by atoms with Gasteiger partial charge in [-0.1, -0.05) is 6.07 Å². The van der Waals surface area contributed by atoms with Crippen LogP contribution in [0.2, 0.25) is 0 Å². The van der Waals surface area contributed by atoms with Gasteiger partial charge in [-0.05, 0) is 38.1 Å². The van der Waals surface area contributed by atoms with E-state index in [0.717, 1.165) is 33.2 Å². The zero-order chi connectivity index (χ0) is 18.4. The molecule has 4 rings (SSSR count). The number of amides is 1. The number of carbonyl (C=O) groups excluding carboxylic acids is 1. The standard InChI is InChI=1S/C19H20N6O/c1-10(2)25-15-6-7-22-18(20)16(15)17(24-25)14-8-11-4-5-12(19(26)21-3)9-13(11)23-14/h4-10,23H,1-3H3,(H2,20,22)(H,21,26). The van der Waals surface area contributed by atoms with E-state index in [9.17, 15) is 4.79 Å². The molecule has 7 heteroatoms. The second kappa shape index (κ2) is 5.87. The third-order valence-corrected chi connectivity index (χ3v) is 4.51. The first-order chi connectivity index (χ1) is 12.5. The molecule has 0 saturated heterocycles. The highest BCUT2D eigenvalue weighted by atomic mass is 16.1. The Labute approximate surface area is 150 Å². The molecule has 0 unspecified atom stereocenters. The molecule has 0 spiro atoms. The summed E-state index contributed by atoms with van der Waals surface area (Å²) in [4.78, 5) is 19.5. The summed E-state index contributed by atoms with van der Waals surface area (Å²) in [5.74, 6) is 0.333. The Kier molecular flexibility index (Phi) is 3.64. The minimum Gasteiger partial charge on any atom is -0.383 e. The molecule has 0 aliphatic rings. The molecule has 4 N–H and O–H groups in total. The Bertz CT molecular complexity index is 1140. The number of hydrogen-bond donors (Lipinski definition) is 3. The average molecular weight is 348 g/mol. The summed E-state index contributed by atoms with van der Waals surface area (Å²) in [5, 5.41) is 9.25. The summed E-state index contributed by atoms with van der Waals surface area (Å²) in [7, 11) is 1.62. The van der Waals surface area contributed by atoms with E-state index in [0.29, 0.717) is 11.4 Å². The Morgan fingerprint density at radius 1 is 1.27 bits per heavy atom. The van der Waals surface area contributed by atoms with Gasteiger partial charge < -0.3 is 16.0 Å². The van der Waals surface area contributed by atoms with E-state index in [1.54, 1.807) is 19.3 Å². The molecule has 0 aliphatic carbocycles. The maximum absolute atomic E-state index is 11.9. The quantitative estimate of drug-likeness (QED) is 0.529. The minimum absolute atomic E-state index is 0.119. The lowest BCUT2D eigenvalue weighted by Crippen LogP contribution is -2.17. The van der Waals surface area contributed by atoms with Crippen molar-refractivity contribution in [2.24, 2.45) is 0 Å². The van der Waals surface area contributed by atoms with Crippen molar-refractivity contribution in [3.63, 3.8) is 0 Å². The molecular weight excluding hydrogens is 328 g/mol. The molecule has 132 valence electrons. The van der Waals surface area contributed by atoms with Crippen LogP contribution < -0.4 is 11.1 Å². The van der Waals surface area contributed by atoms with Gasteiger partial charge in [-0.3, -0.25) is 9.48 Å². The number of benzene rings is 1. The number of nitrogens with one attached hydrogen (secondary N) is 2. The third-order valence-electron chi connectivity index (χ3n) is 4.51. The number of fused-ring (bicyclic) bond motifs is 2. The monoisotopic (exact) mass is 348 g/mol. The van der Waals surface area contributed by atoms with Crippen LogP contribution >= 0.6 is 0 Å². The van der Waals surface area contributed by atoms with Gasteiger partial charge >= 0.3 is 0 Å². The summed E-state index contributed by atoms with van der Waals surface area (Å²) < 4.78 is 1.95. The van der Waals surface area contributed by atoms with E-state index in [1.165, 1.54) is 0 Å². The van der Waals surface area contributed by atoms with Crippen molar-refractivity contribution in [2.75, 3.05) is 12.8 Å².